The van der Waals surface area contributed by atoms with Crippen LogP contribution in [0.5, 0.6) is 5.75 Å². The Bertz CT molecular complexity index is 695. The number of pyridine rings is 1. The predicted octanol–water partition coefficient (Wildman–Crippen LogP) is 4.64. The van der Waals surface area contributed by atoms with Crippen molar-refractivity contribution in [3.8, 4) is 16.9 Å². The highest BCUT2D eigenvalue weighted by Crippen LogP contribution is 2.35. The lowest BCUT2D eigenvalue weighted by molar-refractivity contribution is 0.414. The molecule has 1 heterocycles. The molecule has 4 heteroatoms. The summed E-state index contributed by atoms with van der Waals surface area (Å²) in [6, 6.07) is 8.02. The summed E-state index contributed by atoms with van der Waals surface area (Å²) in [5.41, 5.74) is 10.4. The number of rotatable bonds is 8. The van der Waals surface area contributed by atoms with Gasteiger partial charge in [0.25, 0.3) is 0 Å². The number of nitrogens with two attached hydrogens (primary N) is 1. The standard InChI is InChI=1S/C20H27N3O/c1-14-13-16(24-2)8-9-17(14)18-10-12-23-20(19(18)21)22-11-4-3-5-15-6-7-15/h8-10,12-13,15H,3-7,11,21H2,1-2H3,(H,22,23). The number of aryl methyl sites for hydroxylation is 1. The highest BCUT2D eigenvalue weighted by Gasteiger charge is 2.19. The van der Waals surface area contributed by atoms with Crippen LogP contribution in [0.2, 0.25) is 0 Å². The number of nitrogen functional groups attached to an aromatic ring is 1. The molecule has 1 saturated carbocycles. The molecule has 1 aromatic carbocycles. The lowest BCUT2D eigenvalue weighted by atomic mass is 9.99. The first-order chi connectivity index (χ1) is 11.7. The van der Waals surface area contributed by atoms with Gasteiger partial charge in [-0.1, -0.05) is 31.7 Å². The molecule has 3 rings (SSSR count). The van der Waals surface area contributed by atoms with Gasteiger partial charge in [-0.15, -0.1) is 0 Å². The maximum atomic E-state index is 6.37. The third kappa shape index (κ3) is 3.99. The minimum Gasteiger partial charge on any atom is -0.497 e. The van der Waals surface area contributed by atoms with Crippen LogP contribution in [-0.4, -0.2) is 18.6 Å². The summed E-state index contributed by atoms with van der Waals surface area (Å²) in [6.45, 7) is 3.00. The summed E-state index contributed by atoms with van der Waals surface area (Å²) in [6.07, 6.45) is 8.52. The second kappa shape index (κ2) is 7.56. The third-order valence-electron chi connectivity index (χ3n) is 4.74. The van der Waals surface area contributed by atoms with Crippen LogP contribution in [0.3, 0.4) is 0 Å². The van der Waals surface area contributed by atoms with Crippen molar-refractivity contribution < 1.29 is 4.74 Å². The van der Waals surface area contributed by atoms with Crippen molar-refractivity contribution in [3.05, 3.63) is 36.0 Å². The molecule has 1 aliphatic carbocycles. The van der Waals surface area contributed by atoms with Crippen molar-refractivity contribution >= 4 is 11.5 Å². The molecule has 128 valence electrons. The number of nitrogens with one attached hydrogen (secondary N) is 1. The largest absolute Gasteiger partial charge is 0.497 e. The molecule has 3 N–H and O–H groups in total. The Kier molecular flexibility index (Phi) is 5.24. The molecule has 0 bridgehead atoms. The molecule has 0 spiro atoms. The zero-order valence-electron chi connectivity index (χ0n) is 14.6. The Morgan fingerprint density at radius 1 is 1.21 bits per heavy atom. The van der Waals surface area contributed by atoms with Crippen molar-refractivity contribution in [1.29, 1.82) is 0 Å². The molecular weight excluding hydrogens is 298 g/mol. The van der Waals surface area contributed by atoms with Crippen molar-refractivity contribution in [2.45, 2.75) is 39.0 Å². The topological polar surface area (TPSA) is 60.2 Å². The van der Waals surface area contributed by atoms with Gasteiger partial charge in [0.1, 0.15) is 11.6 Å². The predicted molar refractivity (Wildman–Crippen MR) is 100 cm³/mol. The molecule has 0 saturated heterocycles. The SMILES string of the molecule is COc1ccc(-c2ccnc(NCCCCC3CC3)c2N)c(C)c1. The highest BCUT2D eigenvalue weighted by atomic mass is 16.5. The van der Waals surface area contributed by atoms with Crippen molar-refractivity contribution in [1.82, 2.24) is 4.98 Å². The number of anilines is 2. The molecule has 0 unspecified atom stereocenters. The fraction of sp³-hybridized carbons (Fsp3) is 0.450. The smallest absolute Gasteiger partial charge is 0.149 e. The Morgan fingerprint density at radius 3 is 2.75 bits per heavy atom. The first-order valence-corrected chi connectivity index (χ1v) is 8.82. The van der Waals surface area contributed by atoms with Crippen LogP contribution >= 0.6 is 0 Å². The van der Waals surface area contributed by atoms with E-state index in [1.54, 1.807) is 7.11 Å². The second-order valence-electron chi connectivity index (χ2n) is 6.67. The van der Waals surface area contributed by atoms with Gasteiger partial charge in [-0.3, -0.25) is 0 Å². The second-order valence-corrected chi connectivity index (χ2v) is 6.67. The van der Waals surface area contributed by atoms with Gasteiger partial charge in [0.05, 0.1) is 12.8 Å². The van der Waals surface area contributed by atoms with Crippen LogP contribution in [0.25, 0.3) is 11.1 Å². The number of nitrogens with zero attached hydrogens (tertiary/aromatic N) is 1. The molecular formula is C20H27N3O. The van der Waals surface area contributed by atoms with E-state index in [0.717, 1.165) is 40.7 Å². The number of hydrogen-bond acceptors (Lipinski definition) is 4. The van der Waals surface area contributed by atoms with Gasteiger partial charge in [-0.2, -0.15) is 0 Å². The summed E-state index contributed by atoms with van der Waals surface area (Å²) in [7, 11) is 1.68. The summed E-state index contributed by atoms with van der Waals surface area (Å²) >= 11 is 0. The molecule has 1 fully saturated rings. The Balaban J connectivity index is 1.68. The van der Waals surface area contributed by atoms with Crippen LogP contribution in [0.15, 0.2) is 30.5 Å². The molecule has 4 nitrogen and oxygen atoms in total. The normalized spacial score (nSPS) is 13.8. The number of unbranched alkanes of at least 4 members (excludes halogenated alkanes) is 1. The molecule has 1 aromatic heterocycles. The van der Waals surface area contributed by atoms with E-state index in [9.17, 15) is 0 Å². The summed E-state index contributed by atoms with van der Waals surface area (Å²) in [5.74, 6) is 2.65. The molecule has 0 atom stereocenters. The van der Waals surface area contributed by atoms with Gasteiger partial charge < -0.3 is 15.8 Å². The highest BCUT2D eigenvalue weighted by molar-refractivity contribution is 5.84. The minimum absolute atomic E-state index is 0.716. The maximum Gasteiger partial charge on any atom is 0.149 e. The van der Waals surface area contributed by atoms with Crippen molar-refractivity contribution in [2.24, 2.45) is 5.92 Å². The van der Waals surface area contributed by atoms with Crippen LogP contribution in [-0.2, 0) is 0 Å². The van der Waals surface area contributed by atoms with Crippen LogP contribution in [0.4, 0.5) is 11.5 Å². The lowest BCUT2D eigenvalue weighted by Gasteiger charge is -2.14. The van der Waals surface area contributed by atoms with Crippen LogP contribution in [0, 0.1) is 12.8 Å². The monoisotopic (exact) mass is 325 g/mol. The van der Waals surface area contributed by atoms with Crippen LogP contribution in [0.1, 0.15) is 37.7 Å². The molecule has 0 aliphatic heterocycles. The number of benzene rings is 1. The van der Waals surface area contributed by atoms with E-state index in [1.165, 1.54) is 32.1 Å². The van der Waals surface area contributed by atoms with E-state index in [-0.39, 0.29) is 0 Å². The summed E-state index contributed by atoms with van der Waals surface area (Å²) < 4.78 is 5.28. The van der Waals surface area contributed by atoms with E-state index < -0.39 is 0 Å². The Labute approximate surface area is 144 Å². The zero-order chi connectivity index (χ0) is 16.9. The molecule has 24 heavy (non-hydrogen) atoms. The first kappa shape index (κ1) is 16.6. The number of hydrogen-bond donors (Lipinski definition) is 2. The summed E-state index contributed by atoms with van der Waals surface area (Å²) in [4.78, 5) is 4.41. The fourth-order valence-electron chi connectivity index (χ4n) is 3.09. The number of ether oxygens (including phenoxy) is 1. The Hall–Kier alpha value is -2.23. The van der Waals surface area contributed by atoms with Crippen molar-refractivity contribution in [2.75, 3.05) is 24.7 Å². The first-order valence-electron chi connectivity index (χ1n) is 8.82. The van der Waals surface area contributed by atoms with E-state index in [4.69, 9.17) is 10.5 Å². The molecule has 1 aliphatic rings. The Morgan fingerprint density at radius 2 is 2.04 bits per heavy atom. The average molecular weight is 325 g/mol. The maximum absolute atomic E-state index is 6.37. The molecule has 0 radical (unpaired) electrons. The van der Waals surface area contributed by atoms with Gasteiger partial charge in [-0.05, 0) is 48.6 Å². The average Bonchev–Trinajstić information content (AvgIpc) is 3.40. The molecule has 2 aromatic rings. The quantitative estimate of drug-likeness (QED) is 0.694. The van der Waals surface area contributed by atoms with Crippen LogP contribution < -0.4 is 15.8 Å². The third-order valence-corrected chi connectivity index (χ3v) is 4.74. The zero-order valence-corrected chi connectivity index (χ0v) is 14.6. The van der Waals surface area contributed by atoms with Crippen molar-refractivity contribution in [3.63, 3.8) is 0 Å². The van der Waals surface area contributed by atoms with E-state index in [2.05, 4.69) is 23.3 Å². The van der Waals surface area contributed by atoms with Gasteiger partial charge in [0.2, 0.25) is 0 Å². The fourth-order valence-corrected chi connectivity index (χ4v) is 3.09. The van der Waals surface area contributed by atoms with Gasteiger partial charge in [0, 0.05) is 18.3 Å². The molecule has 0 amide bonds. The van der Waals surface area contributed by atoms with Gasteiger partial charge in [0.15, 0.2) is 0 Å². The van der Waals surface area contributed by atoms with E-state index in [1.807, 2.05) is 24.4 Å². The number of methoxy groups -OCH3 is 1. The van der Waals surface area contributed by atoms with E-state index in [0.29, 0.717) is 5.69 Å². The minimum atomic E-state index is 0.716. The van der Waals surface area contributed by atoms with Gasteiger partial charge in [-0.25, -0.2) is 4.98 Å². The summed E-state index contributed by atoms with van der Waals surface area (Å²) in [5, 5.41) is 3.40. The van der Waals surface area contributed by atoms with Gasteiger partial charge >= 0.3 is 0 Å². The number of aromatic nitrogens is 1. The lowest BCUT2D eigenvalue weighted by Crippen LogP contribution is -2.07. The van der Waals surface area contributed by atoms with E-state index >= 15 is 0 Å².